The van der Waals surface area contributed by atoms with Gasteiger partial charge in [-0.15, -0.1) is 0 Å². The zero-order chi connectivity index (χ0) is 17.1. The summed E-state index contributed by atoms with van der Waals surface area (Å²) in [6.45, 7) is 7.19. The third kappa shape index (κ3) is 3.80. The number of carbonyl (C=O) groups is 1. The van der Waals surface area contributed by atoms with Gasteiger partial charge in [0.2, 0.25) is 11.8 Å². The highest BCUT2D eigenvalue weighted by Gasteiger charge is 2.26. The van der Waals surface area contributed by atoms with Crippen LogP contribution in [0.2, 0.25) is 0 Å². The molecule has 1 aliphatic heterocycles. The van der Waals surface area contributed by atoms with Gasteiger partial charge in [0.15, 0.2) is 5.82 Å². The van der Waals surface area contributed by atoms with Crippen LogP contribution in [0.25, 0.3) is 0 Å². The number of hydrogen-bond donors (Lipinski definition) is 0. The fourth-order valence-electron chi connectivity index (χ4n) is 3.25. The molecule has 2 aromatic heterocycles. The molecular weight excluding hydrogens is 308 g/mol. The van der Waals surface area contributed by atoms with E-state index in [9.17, 15) is 4.79 Å². The second-order valence-electron chi connectivity index (χ2n) is 6.38. The first-order valence-corrected chi connectivity index (χ1v) is 8.49. The van der Waals surface area contributed by atoms with Gasteiger partial charge in [0, 0.05) is 25.9 Å². The van der Waals surface area contributed by atoms with Crippen LogP contribution in [0.15, 0.2) is 4.52 Å². The van der Waals surface area contributed by atoms with Gasteiger partial charge in [0.05, 0.1) is 6.04 Å². The number of nitrogens with zero attached hydrogens (tertiary/aromatic N) is 6. The van der Waals surface area contributed by atoms with E-state index in [4.69, 9.17) is 4.52 Å². The van der Waals surface area contributed by atoms with Crippen molar-refractivity contribution in [2.45, 2.75) is 58.9 Å². The SMILES string of the molecule is Cc1noc(CCCC(=O)N2CCC[C@@H](n3nc(C)nc3C)C2)n1. The van der Waals surface area contributed by atoms with Crippen molar-refractivity contribution in [3.05, 3.63) is 23.4 Å². The molecule has 3 rings (SSSR count). The van der Waals surface area contributed by atoms with E-state index in [1.165, 1.54) is 0 Å². The lowest BCUT2D eigenvalue weighted by molar-refractivity contribution is -0.133. The van der Waals surface area contributed by atoms with Crippen LogP contribution < -0.4 is 0 Å². The van der Waals surface area contributed by atoms with Crippen LogP contribution in [0.4, 0.5) is 0 Å². The lowest BCUT2D eigenvalue weighted by Crippen LogP contribution is -2.41. The Hall–Kier alpha value is -2.25. The first-order chi connectivity index (χ1) is 11.5. The van der Waals surface area contributed by atoms with Crippen molar-refractivity contribution in [3.8, 4) is 0 Å². The molecule has 0 aromatic carbocycles. The third-order valence-electron chi connectivity index (χ3n) is 4.35. The standard InChI is InChI=1S/C16H24N6O2/c1-11-17-13(3)22(19-11)14-6-5-9-21(10-14)16(23)8-4-7-15-18-12(2)20-24-15/h14H,4-10H2,1-3H3/t14-/m1/s1. The Bertz CT molecular complexity index is 707. The van der Waals surface area contributed by atoms with E-state index >= 15 is 0 Å². The Kier molecular flexibility index (Phi) is 4.92. The molecule has 0 bridgehead atoms. The van der Waals surface area contributed by atoms with Gasteiger partial charge in [-0.25, -0.2) is 9.67 Å². The molecule has 130 valence electrons. The summed E-state index contributed by atoms with van der Waals surface area (Å²) in [7, 11) is 0. The molecule has 24 heavy (non-hydrogen) atoms. The fourth-order valence-corrected chi connectivity index (χ4v) is 3.25. The number of rotatable bonds is 5. The molecule has 8 nitrogen and oxygen atoms in total. The minimum Gasteiger partial charge on any atom is -0.341 e. The molecule has 3 heterocycles. The Labute approximate surface area is 141 Å². The number of hydrogen-bond acceptors (Lipinski definition) is 6. The molecule has 8 heteroatoms. The summed E-state index contributed by atoms with van der Waals surface area (Å²) in [5.74, 6) is 3.12. The maximum Gasteiger partial charge on any atom is 0.226 e. The molecule has 0 saturated carbocycles. The highest BCUT2D eigenvalue weighted by Crippen LogP contribution is 2.22. The van der Waals surface area contributed by atoms with Crippen LogP contribution in [0, 0.1) is 20.8 Å². The topological polar surface area (TPSA) is 89.9 Å². The molecular formula is C16H24N6O2. The minimum atomic E-state index is 0.186. The van der Waals surface area contributed by atoms with Gasteiger partial charge in [0.1, 0.15) is 11.6 Å². The molecule has 1 fully saturated rings. The lowest BCUT2D eigenvalue weighted by atomic mass is 10.0. The molecule has 0 radical (unpaired) electrons. The summed E-state index contributed by atoms with van der Waals surface area (Å²) < 4.78 is 7.05. The molecule has 0 N–H and O–H groups in total. The van der Waals surface area contributed by atoms with Gasteiger partial charge in [-0.2, -0.15) is 10.1 Å². The van der Waals surface area contributed by atoms with Crippen molar-refractivity contribution in [2.75, 3.05) is 13.1 Å². The molecule has 2 aromatic rings. The van der Waals surface area contributed by atoms with E-state index in [0.717, 1.165) is 37.5 Å². The van der Waals surface area contributed by atoms with Gasteiger partial charge < -0.3 is 9.42 Å². The van der Waals surface area contributed by atoms with Crippen molar-refractivity contribution in [3.63, 3.8) is 0 Å². The number of carbonyl (C=O) groups excluding carboxylic acids is 1. The molecule has 1 amide bonds. The average molecular weight is 332 g/mol. The zero-order valence-corrected chi connectivity index (χ0v) is 14.5. The molecule has 1 atom stereocenters. The van der Waals surface area contributed by atoms with Crippen molar-refractivity contribution in [1.29, 1.82) is 0 Å². The highest BCUT2D eigenvalue weighted by molar-refractivity contribution is 5.76. The van der Waals surface area contributed by atoms with Crippen LogP contribution in [0.1, 0.15) is 55.1 Å². The summed E-state index contributed by atoms with van der Waals surface area (Å²) in [6, 6.07) is 0.225. The van der Waals surface area contributed by atoms with Crippen LogP contribution in [0.3, 0.4) is 0 Å². The Morgan fingerprint density at radius 3 is 2.75 bits per heavy atom. The van der Waals surface area contributed by atoms with Crippen molar-refractivity contribution < 1.29 is 9.32 Å². The van der Waals surface area contributed by atoms with E-state index < -0.39 is 0 Å². The zero-order valence-electron chi connectivity index (χ0n) is 14.5. The summed E-state index contributed by atoms with van der Waals surface area (Å²) in [5, 5.41) is 8.23. The van der Waals surface area contributed by atoms with Crippen LogP contribution >= 0.6 is 0 Å². The predicted molar refractivity (Wildman–Crippen MR) is 86.3 cm³/mol. The average Bonchev–Trinajstić information content (AvgIpc) is 3.12. The maximum atomic E-state index is 12.5. The second-order valence-corrected chi connectivity index (χ2v) is 6.38. The molecule has 0 spiro atoms. The predicted octanol–water partition coefficient (Wildman–Crippen LogP) is 1.77. The summed E-state index contributed by atoms with van der Waals surface area (Å²) in [5.41, 5.74) is 0. The number of amides is 1. The van der Waals surface area contributed by atoms with Crippen molar-refractivity contribution in [1.82, 2.24) is 29.8 Å². The first kappa shape index (κ1) is 16.6. The van der Waals surface area contributed by atoms with Crippen LogP contribution in [-0.4, -0.2) is 48.8 Å². The Morgan fingerprint density at radius 2 is 2.08 bits per heavy atom. The molecule has 0 unspecified atom stereocenters. The highest BCUT2D eigenvalue weighted by atomic mass is 16.5. The lowest BCUT2D eigenvalue weighted by Gasteiger charge is -2.33. The van der Waals surface area contributed by atoms with Gasteiger partial charge in [-0.1, -0.05) is 5.16 Å². The first-order valence-electron chi connectivity index (χ1n) is 8.49. The van der Waals surface area contributed by atoms with Gasteiger partial charge >= 0.3 is 0 Å². The Morgan fingerprint density at radius 1 is 1.25 bits per heavy atom. The van der Waals surface area contributed by atoms with E-state index in [0.29, 0.717) is 31.1 Å². The monoisotopic (exact) mass is 332 g/mol. The number of aryl methyl sites for hydroxylation is 4. The van der Waals surface area contributed by atoms with E-state index in [-0.39, 0.29) is 11.9 Å². The van der Waals surface area contributed by atoms with Gasteiger partial charge in [0.25, 0.3) is 0 Å². The third-order valence-corrected chi connectivity index (χ3v) is 4.35. The fraction of sp³-hybridized carbons (Fsp3) is 0.688. The minimum absolute atomic E-state index is 0.186. The van der Waals surface area contributed by atoms with Crippen molar-refractivity contribution >= 4 is 5.91 Å². The van der Waals surface area contributed by atoms with Gasteiger partial charge in [-0.05, 0) is 40.0 Å². The Balaban J connectivity index is 1.52. The van der Waals surface area contributed by atoms with Crippen molar-refractivity contribution in [2.24, 2.45) is 0 Å². The second kappa shape index (κ2) is 7.11. The molecule has 1 aliphatic rings. The molecule has 0 aliphatic carbocycles. The number of piperidine rings is 1. The summed E-state index contributed by atoms with van der Waals surface area (Å²) in [4.78, 5) is 23.0. The van der Waals surface area contributed by atoms with E-state index in [2.05, 4.69) is 20.2 Å². The summed E-state index contributed by atoms with van der Waals surface area (Å²) in [6.07, 6.45) is 3.91. The van der Waals surface area contributed by atoms with Crippen LogP contribution in [-0.2, 0) is 11.2 Å². The number of aromatic nitrogens is 5. The maximum absolute atomic E-state index is 12.5. The normalized spacial score (nSPS) is 18.1. The largest absolute Gasteiger partial charge is 0.341 e. The molecule has 1 saturated heterocycles. The van der Waals surface area contributed by atoms with E-state index in [1.54, 1.807) is 6.92 Å². The summed E-state index contributed by atoms with van der Waals surface area (Å²) >= 11 is 0. The van der Waals surface area contributed by atoms with E-state index in [1.807, 2.05) is 23.4 Å². The van der Waals surface area contributed by atoms with Gasteiger partial charge in [-0.3, -0.25) is 4.79 Å². The van der Waals surface area contributed by atoms with Crippen LogP contribution in [0.5, 0.6) is 0 Å². The smallest absolute Gasteiger partial charge is 0.226 e. The quantitative estimate of drug-likeness (QED) is 0.829. The number of likely N-dealkylation sites (tertiary alicyclic amines) is 1.